The van der Waals surface area contributed by atoms with Gasteiger partial charge in [0.25, 0.3) is 0 Å². The summed E-state index contributed by atoms with van der Waals surface area (Å²) in [7, 11) is 0. The molecular formula is C14H20N2OS. The van der Waals surface area contributed by atoms with Gasteiger partial charge in [-0.05, 0) is 12.5 Å². The molecule has 0 bridgehead atoms. The number of benzene rings is 1. The lowest BCUT2D eigenvalue weighted by atomic mass is 10.0. The Balaban J connectivity index is 2.29. The van der Waals surface area contributed by atoms with Crippen molar-refractivity contribution in [1.82, 2.24) is 4.90 Å². The number of thioether (sulfide) groups is 1. The number of amides is 1. The minimum atomic E-state index is -0.425. The van der Waals surface area contributed by atoms with E-state index in [9.17, 15) is 4.79 Å². The molecule has 0 saturated carbocycles. The largest absolute Gasteiger partial charge is 0.332 e. The highest BCUT2D eigenvalue weighted by Gasteiger charge is 2.34. The molecule has 1 saturated heterocycles. The van der Waals surface area contributed by atoms with E-state index in [2.05, 4.69) is 19.1 Å². The Morgan fingerprint density at radius 3 is 2.72 bits per heavy atom. The quantitative estimate of drug-likeness (QED) is 0.889. The molecule has 0 aromatic heterocycles. The molecule has 98 valence electrons. The first-order valence-corrected chi connectivity index (χ1v) is 7.38. The number of nitrogens with two attached hydrogens (primary N) is 1. The van der Waals surface area contributed by atoms with Crippen LogP contribution in [-0.4, -0.2) is 34.4 Å². The van der Waals surface area contributed by atoms with Gasteiger partial charge in [-0.25, -0.2) is 0 Å². The van der Waals surface area contributed by atoms with Gasteiger partial charge in [-0.3, -0.25) is 4.79 Å². The number of carbonyl (C=O) groups excluding carboxylic acids is 1. The fourth-order valence-electron chi connectivity index (χ4n) is 2.43. The summed E-state index contributed by atoms with van der Waals surface area (Å²) in [6.45, 7) is 4.73. The first-order chi connectivity index (χ1) is 8.61. The Bertz CT molecular complexity index is 408. The molecule has 1 aromatic carbocycles. The molecule has 1 fully saturated rings. The average molecular weight is 264 g/mol. The van der Waals surface area contributed by atoms with Crippen molar-refractivity contribution in [2.75, 3.05) is 12.3 Å². The third kappa shape index (κ3) is 2.70. The van der Waals surface area contributed by atoms with Gasteiger partial charge in [0.15, 0.2) is 0 Å². The predicted molar refractivity (Wildman–Crippen MR) is 76.5 cm³/mol. The van der Waals surface area contributed by atoms with E-state index in [4.69, 9.17) is 5.73 Å². The van der Waals surface area contributed by atoms with Crippen molar-refractivity contribution >= 4 is 17.7 Å². The van der Waals surface area contributed by atoms with Gasteiger partial charge in [-0.1, -0.05) is 37.3 Å². The first kappa shape index (κ1) is 13.4. The third-order valence-corrected chi connectivity index (χ3v) is 4.51. The van der Waals surface area contributed by atoms with Crippen molar-refractivity contribution in [2.24, 2.45) is 5.73 Å². The van der Waals surface area contributed by atoms with Crippen LogP contribution in [0.5, 0.6) is 0 Å². The van der Waals surface area contributed by atoms with Crippen LogP contribution in [-0.2, 0) is 4.79 Å². The average Bonchev–Trinajstić information content (AvgIpc) is 2.38. The molecule has 1 aliphatic rings. The van der Waals surface area contributed by atoms with E-state index in [0.29, 0.717) is 5.25 Å². The second kappa shape index (κ2) is 5.76. The molecule has 0 radical (unpaired) electrons. The summed E-state index contributed by atoms with van der Waals surface area (Å²) < 4.78 is 0. The Morgan fingerprint density at radius 1 is 1.44 bits per heavy atom. The van der Waals surface area contributed by atoms with E-state index in [1.807, 2.05) is 34.9 Å². The van der Waals surface area contributed by atoms with Gasteiger partial charge in [0.1, 0.15) is 0 Å². The van der Waals surface area contributed by atoms with Gasteiger partial charge in [0.05, 0.1) is 12.1 Å². The zero-order valence-corrected chi connectivity index (χ0v) is 11.7. The summed E-state index contributed by atoms with van der Waals surface area (Å²) in [6.07, 6.45) is 0. The van der Waals surface area contributed by atoms with Crippen LogP contribution in [0.2, 0.25) is 0 Å². The Kier molecular flexibility index (Phi) is 4.30. The molecule has 4 heteroatoms. The van der Waals surface area contributed by atoms with E-state index >= 15 is 0 Å². The number of hydrogen-bond acceptors (Lipinski definition) is 3. The van der Waals surface area contributed by atoms with Crippen molar-refractivity contribution in [1.29, 1.82) is 0 Å². The number of nitrogens with zero attached hydrogens (tertiary/aromatic N) is 1. The lowest BCUT2D eigenvalue weighted by molar-refractivity contribution is -0.134. The number of rotatable bonds is 2. The van der Waals surface area contributed by atoms with Gasteiger partial charge in [0, 0.05) is 17.5 Å². The summed E-state index contributed by atoms with van der Waals surface area (Å²) in [4.78, 5) is 14.2. The molecule has 0 spiro atoms. The highest BCUT2D eigenvalue weighted by molar-refractivity contribution is 8.00. The molecular weight excluding hydrogens is 244 g/mol. The minimum absolute atomic E-state index is 0.0519. The fourth-order valence-corrected chi connectivity index (χ4v) is 3.59. The third-order valence-electron chi connectivity index (χ3n) is 3.31. The molecule has 1 amide bonds. The van der Waals surface area contributed by atoms with E-state index in [1.54, 1.807) is 6.92 Å². The van der Waals surface area contributed by atoms with Crippen molar-refractivity contribution in [3.05, 3.63) is 35.9 Å². The van der Waals surface area contributed by atoms with Gasteiger partial charge < -0.3 is 10.6 Å². The van der Waals surface area contributed by atoms with E-state index in [1.165, 1.54) is 5.56 Å². The number of hydrogen-bond donors (Lipinski definition) is 1. The Hall–Kier alpha value is -1.00. The van der Waals surface area contributed by atoms with Crippen LogP contribution in [0.4, 0.5) is 0 Å². The predicted octanol–water partition coefficient (Wildman–Crippen LogP) is 2.04. The van der Waals surface area contributed by atoms with Crippen molar-refractivity contribution in [3.8, 4) is 0 Å². The van der Waals surface area contributed by atoms with Crippen LogP contribution in [0.1, 0.15) is 25.5 Å². The van der Waals surface area contributed by atoms with Crippen LogP contribution in [0.25, 0.3) is 0 Å². The normalized spacial score (nSPS) is 25.8. The molecule has 2 N–H and O–H groups in total. The van der Waals surface area contributed by atoms with Gasteiger partial charge >= 0.3 is 0 Å². The van der Waals surface area contributed by atoms with Gasteiger partial charge in [-0.2, -0.15) is 11.8 Å². The highest BCUT2D eigenvalue weighted by Crippen LogP contribution is 2.36. The maximum absolute atomic E-state index is 12.2. The smallest absolute Gasteiger partial charge is 0.239 e. The summed E-state index contributed by atoms with van der Waals surface area (Å²) in [5.74, 6) is 1.04. The van der Waals surface area contributed by atoms with Crippen LogP contribution in [0.15, 0.2) is 30.3 Å². The molecule has 3 nitrogen and oxygen atoms in total. The van der Waals surface area contributed by atoms with Gasteiger partial charge in [-0.15, -0.1) is 0 Å². The van der Waals surface area contributed by atoms with Crippen molar-refractivity contribution < 1.29 is 4.79 Å². The first-order valence-electron chi connectivity index (χ1n) is 6.34. The van der Waals surface area contributed by atoms with Gasteiger partial charge in [0.2, 0.25) is 5.91 Å². The standard InChI is InChI=1S/C14H20N2OS/c1-10(15)14(17)16-8-9-18-11(2)13(16)12-6-4-3-5-7-12/h3-7,10-11,13H,8-9,15H2,1-2H3/t10-,11+,13+/m1/s1. The molecule has 0 unspecified atom stereocenters. The lowest BCUT2D eigenvalue weighted by Gasteiger charge is -2.40. The van der Waals surface area contributed by atoms with Crippen LogP contribution in [0, 0.1) is 0 Å². The summed E-state index contributed by atoms with van der Waals surface area (Å²) >= 11 is 1.92. The van der Waals surface area contributed by atoms with Crippen LogP contribution >= 0.6 is 11.8 Å². The lowest BCUT2D eigenvalue weighted by Crippen LogP contribution is -2.49. The molecule has 1 heterocycles. The fraction of sp³-hybridized carbons (Fsp3) is 0.500. The summed E-state index contributed by atoms with van der Waals surface area (Å²) in [5, 5.41) is 0.406. The summed E-state index contributed by atoms with van der Waals surface area (Å²) in [5.41, 5.74) is 6.95. The zero-order valence-electron chi connectivity index (χ0n) is 10.9. The second-order valence-corrected chi connectivity index (χ2v) is 6.24. The van der Waals surface area contributed by atoms with Crippen LogP contribution in [0.3, 0.4) is 0 Å². The highest BCUT2D eigenvalue weighted by atomic mass is 32.2. The van der Waals surface area contributed by atoms with Crippen molar-refractivity contribution in [3.63, 3.8) is 0 Å². The van der Waals surface area contributed by atoms with E-state index in [-0.39, 0.29) is 11.9 Å². The molecule has 0 aliphatic carbocycles. The molecule has 1 aliphatic heterocycles. The Labute approximate surface area is 113 Å². The second-order valence-electron chi connectivity index (χ2n) is 4.75. The number of carbonyl (C=O) groups is 1. The Morgan fingerprint density at radius 2 is 2.11 bits per heavy atom. The molecule has 2 rings (SSSR count). The minimum Gasteiger partial charge on any atom is -0.332 e. The van der Waals surface area contributed by atoms with Crippen LogP contribution < -0.4 is 5.73 Å². The van der Waals surface area contributed by atoms with E-state index < -0.39 is 6.04 Å². The zero-order chi connectivity index (χ0) is 13.1. The summed E-state index contributed by atoms with van der Waals surface area (Å²) in [6, 6.07) is 9.95. The maximum Gasteiger partial charge on any atom is 0.239 e. The molecule has 1 aromatic rings. The van der Waals surface area contributed by atoms with Crippen molar-refractivity contribution in [2.45, 2.75) is 31.2 Å². The topological polar surface area (TPSA) is 46.3 Å². The maximum atomic E-state index is 12.2. The molecule has 18 heavy (non-hydrogen) atoms. The SMILES string of the molecule is C[C@@H]1SCCN(C(=O)[C@@H](C)N)[C@@H]1c1ccccc1. The monoisotopic (exact) mass is 264 g/mol. The van der Waals surface area contributed by atoms with E-state index in [0.717, 1.165) is 12.3 Å². The molecule has 3 atom stereocenters.